The first-order valence-corrected chi connectivity index (χ1v) is 9.20. The Labute approximate surface area is 152 Å². The van der Waals surface area contributed by atoms with Crippen molar-refractivity contribution in [3.8, 4) is 5.75 Å². The number of hydrogen-bond acceptors (Lipinski definition) is 4. The molecule has 0 saturated carbocycles. The largest absolute Gasteiger partial charge is 0.497 e. The first-order valence-electron chi connectivity index (χ1n) is 7.39. The summed E-state index contributed by atoms with van der Waals surface area (Å²) in [6.07, 6.45) is 0. The first-order chi connectivity index (χ1) is 11.8. The second-order valence-electron chi connectivity index (χ2n) is 5.46. The van der Waals surface area contributed by atoms with Crippen molar-refractivity contribution < 1.29 is 17.9 Å². The number of carbonyl (C=O) groups is 1. The van der Waals surface area contributed by atoms with Gasteiger partial charge >= 0.3 is 0 Å². The molecule has 2 rings (SSSR count). The quantitative estimate of drug-likeness (QED) is 0.833. The van der Waals surface area contributed by atoms with Crippen LogP contribution < -0.4 is 10.1 Å². The van der Waals surface area contributed by atoms with E-state index in [0.717, 1.165) is 15.6 Å². The number of ether oxygens (including phenoxy) is 1. The van der Waals surface area contributed by atoms with Gasteiger partial charge in [0.25, 0.3) is 5.91 Å². The van der Waals surface area contributed by atoms with E-state index in [2.05, 4.69) is 5.32 Å². The van der Waals surface area contributed by atoms with E-state index >= 15 is 0 Å². The van der Waals surface area contributed by atoms with Crippen molar-refractivity contribution in [3.63, 3.8) is 0 Å². The van der Waals surface area contributed by atoms with Gasteiger partial charge in [-0.15, -0.1) is 0 Å². The zero-order valence-corrected chi connectivity index (χ0v) is 15.7. The minimum atomic E-state index is -3.64. The van der Waals surface area contributed by atoms with Gasteiger partial charge < -0.3 is 10.1 Å². The van der Waals surface area contributed by atoms with Gasteiger partial charge in [0, 0.05) is 20.6 Å². The molecule has 0 aliphatic carbocycles. The lowest BCUT2D eigenvalue weighted by molar-refractivity contribution is 0.0951. The van der Waals surface area contributed by atoms with Gasteiger partial charge in [0.1, 0.15) is 5.75 Å². The maximum Gasteiger partial charge on any atom is 0.253 e. The highest BCUT2D eigenvalue weighted by Crippen LogP contribution is 2.22. The molecule has 0 aromatic heterocycles. The predicted octanol–water partition coefficient (Wildman–Crippen LogP) is 2.53. The second kappa shape index (κ2) is 7.86. The van der Waals surface area contributed by atoms with E-state index in [1.165, 1.54) is 32.3 Å². The van der Waals surface area contributed by atoms with Crippen molar-refractivity contribution in [1.82, 2.24) is 9.62 Å². The fourth-order valence-corrected chi connectivity index (χ4v) is 3.20. The molecule has 6 nitrogen and oxygen atoms in total. The molecule has 0 unspecified atom stereocenters. The van der Waals surface area contributed by atoms with Crippen LogP contribution in [0.15, 0.2) is 47.4 Å². The number of sulfonamides is 1. The number of benzene rings is 2. The molecule has 0 atom stereocenters. The summed E-state index contributed by atoms with van der Waals surface area (Å²) >= 11 is 6.06. The Morgan fingerprint density at radius 3 is 2.36 bits per heavy atom. The Bertz CT molecular complexity index is 865. The predicted molar refractivity (Wildman–Crippen MR) is 96.5 cm³/mol. The summed E-state index contributed by atoms with van der Waals surface area (Å²) in [5.74, 6) is 0.274. The topological polar surface area (TPSA) is 75.7 Å². The van der Waals surface area contributed by atoms with Crippen LogP contribution in [0.3, 0.4) is 0 Å². The van der Waals surface area contributed by atoms with Crippen LogP contribution in [0.1, 0.15) is 15.9 Å². The van der Waals surface area contributed by atoms with Gasteiger partial charge in [-0.25, -0.2) is 12.7 Å². The maximum absolute atomic E-state index is 12.4. The number of rotatable bonds is 6. The van der Waals surface area contributed by atoms with Crippen LogP contribution in [0, 0.1) is 0 Å². The van der Waals surface area contributed by atoms with E-state index in [9.17, 15) is 13.2 Å². The molecule has 0 aliphatic heterocycles. The number of nitrogens with zero attached hydrogens (tertiary/aromatic N) is 1. The minimum Gasteiger partial charge on any atom is -0.497 e. The van der Waals surface area contributed by atoms with E-state index in [0.29, 0.717) is 0 Å². The van der Waals surface area contributed by atoms with Gasteiger partial charge in [0.2, 0.25) is 10.0 Å². The Morgan fingerprint density at radius 2 is 1.80 bits per heavy atom. The molecule has 0 fully saturated rings. The zero-order chi connectivity index (χ0) is 18.6. The second-order valence-corrected chi connectivity index (χ2v) is 8.02. The van der Waals surface area contributed by atoms with Gasteiger partial charge in [0.15, 0.2) is 0 Å². The molecule has 0 radical (unpaired) electrons. The lowest BCUT2D eigenvalue weighted by Gasteiger charge is -2.13. The third kappa shape index (κ3) is 4.50. The van der Waals surface area contributed by atoms with Gasteiger partial charge in [-0.2, -0.15) is 0 Å². The molecule has 0 bridgehead atoms. The fraction of sp³-hybridized carbons (Fsp3) is 0.235. The molecular formula is C17H19ClN2O4S. The fourth-order valence-electron chi connectivity index (χ4n) is 2.07. The third-order valence-corrected chi connectivity index (χ3v) is 5.71. The third-order valence-electron chi connectivity index (χ3n) is 3.57. The Kier molecular flexibility index (Phi) is 6.05. The molecule has 0 spiro atoms. The van der Waals surface area contributed by atoms with E-state index in [4.69, 9.17) is 16.3 Å². The summed E-state index contributed by atoms with van der Waals surface area (Å²) in [6.45, 7) is 0.282. The molecule has 1 N–H and O–H groups in total. The Balaban J connectivity index is 2.18. The Morgan fingerprint density at radius 1 is 1.16 bits per heavy atom. The average molecular weight is 383 g/mol. The van der Waals surface area contributed by atoms with Crippen LogP contribution in [0.4, 0.5) is 0 Å². The number of amides is 1. The first kappa shape index (κ1) is 19.2. The molecular weight excluding hydrogens is 364 g/mol. The smallest absolute Gasteiger partial charge is 0.253 e. The summed E-state index contributed by atoms with van der Waals surface area (Å²) in [4.78, 5) is 12.4. The van der Waals surface area contributed by atoms with Crippen molar-refractivity contribution in [1.29, 1.82) is 0 Å². The van der Waals surface area contributed by atoms with E-state index in [1.807, 2.05) is 12.1 Å². The summed E-state index contributed by atoms with van der Waals surface area (Å²) < 4.78 is 30.6. The lowest BCUT2D eigenvalue weighted by atomic mass is 10.2. The normalized spacial score (nSPS) is 11.4. The highest BCUT2D eigenvalue weighted by atomic mass is 35.5. The van der Waals surface area contributed by atoms with Gasteiger partial charge in [-0.3, -0.25) is 4.79 Å². The van der Waals surface area contributed by atoms with Gasteiger partial charge in [-0.1, -0.05) is 23.7 Å². The van der Waals surface area contributed by atoms with E-state index < -0.39 is 15.9 Å². The van der Waals surface area contributed by atoms with Crippen LogP contribution in [-0.4, -0.2) is 39.8 Å². The molecule has 134 valence electrons. The minimum absolute atomic E-state index is 0.0106. The number of nitrogens with one attached hydrogen (secondary N) is 1. The maximum atomic E-state index is 12.4. The highest BCUT2D eigenvalue weighted by Gasteiger charge is 2.20. The van der Waals surface area contributed by atoms with E-state index in [-0.39, 0.29) is 22.0 Å². The number of halogens is 1. The van der Waals surface area contributed by atoms with E-state index in [1.54, 1.807) is 19.2 Å². The van der Waals surface area contributed by atoms with Gasteiger partial charge in [-0.05, 0) is 35.9 Å². The average Bonchev–Trinajstić information content (AvgIpc) is 2.60. The van der Waals surface area contributed by atoms with Crippen LogP contribution in [0.25, 0.3) is 0 Å². The molecule has 0 saturated heterocycles. The van der Waals surface area contributed by atoms with Gasteiger partial charge in [0.05, 0.1) is 22.6 Å². The van der Waals surface area contributed by atoms with Crippen molar-refractivity contribution in [2.45, 2.75) is 11.4 Å². The summed E-state index contributed by atoms with van der Waals surface area (Å²) in [7, 11) is 0.781. The molecule has 0 heterocycles. The standard InChI is InChI=1S/C17H19ClN2O4S/c1-20(2)25(22,23)14-8-9-16(18)15(10-14)17(21)19-11-12-4-6-13(24-3)7-5-12/h4-10H,11H2,1-3H3,(H,19,21). The number of carbonyl (C=O) groups excluding carboxylic acids is 1. The van der Waals surface area contributed by atoms with Crippen LogP contribution >= 0.6 is 11.6 Å². The molecule has 2 aromatic carbocycles. The van der Waals surface area contributed by atoms with Crippen LogP contribution in [0.2, 0.25) is 5.02 Å². The van der Waals surface area contributed by atoms with Crippen LogP contribution in [-0.2, 0) is 16.6 Å². The summed E-state index contributed by atoms with van der Waals surface area (Å²) in [5, 5.41) is 2.91. The van der Waals surface area contributed by atoms with Crippen molar-refractivity contribution in [3.05, 3.63) is 58.6 Å². The number of methoxy groups -OCH3 is 1. The van der Waals surface area contributed by atoms with Crippen molar-refractivity contribution >= 4 is 27.5 Å². The number of hydrogen-bond donors (Lipinski definition) is 1. The van der Waals surface area contributed by atoms with Crippen molar-refractivity contribution in [2.24, 2.45) is 0 Å². The molecule has 1 amide bonds. The zero-order valence-electron chi connectivity index (χ0n) is 14.1. The summed E-state index contributed by atoms with van der Waals surface area (Å²) in [5.41, 5.74) is 0.987. The molecule has 2 aromatic rings. The molecule has 0 aliphatic rings. The molecule has 8 heteroatoms. The SMILES string of the molecule is COc1ccc(CNC(=O)c2cc(S(=O)(=O)N(C)C)ccc2Cl)cc1. The lowest BCUT2D eigenvalue weighted by Crippen LogP contribution is -2.25. The Hall–Kier alpha value is -2.09. The summed E-state index contributed by atoms with van der Waals surface area (Å²) in [6, 6.07) is 11.3. The monoisotopic (exact) mass is 382 g/mol. The highest BCUT2D eigenvalue weighted by molar-refractivity contribution is 7.89. The van der Waals surface area contributed by atoms with Crippen LogP contribution in [0.5, 0.6) is 5.75 Å². The molecule has 25 heavy (non-hydrogen) atoms. The van der Waals surface area contributed by atoms with Crippen molar-refractivity contribution in [2.75, 3.05) is 21.2 Å².